The Morgan fingerprint density at radius 1 is 1.12 bits per heavy atom. The molecule has 2 fully saturated rings. The SMILES string of the molecule is CC(C)CN1CCN(c2ccc3c(=O)n(C4CCCC4)cnc3c2)CC1. The second kappa shape index (κ2) is 7.39. The van der Waals surface area contributed by atoms with Gasteiger partial charge < -0.3 is 4.90 Å². The van der Waals surface area contributed by atoms with Gasteiger partial charge in [-0.15, -0.1) is 0 Å². The van der Waals surface area contributed by atoms with E-state index in [1.165, 1.54) is 25.1 Å². The van der Waals surface area contributed by atoms with Crippen LogP contribution in [0.3, 0.4) is 0 Å². The Balaban J connectivity index is 1.53. The normalized spacial score (nSPS) is 19.7. The molecule has 5 nitrogen and oxygen atoms in total. The number of aromatic nitrogens is 2. The van der Waals surface area contributed by atoms with E-state index in [1.54, 1.807) is 6.33 Å². The Bertz CT molecular complexity index is 814. The summed E-state index contributed by atoms with van der Waals surface area (Å²) in [5.41, 5.74) is 2.13. The van der Waals surface area contributed by atoms with E-state index in [0.29, 0.717) is 12.0 Å². The highest BCUT2D eigenvalue weighted by atomic mass is 16.1. The molecule has 0 atom stereocenters. The molecule has 1 aromatic carbocycles. The second-order valence-corrected chi connectivity index (χ2v) is 8.28. The van der Waals surface area contributed by atoms with E-state index in [1.807, 2.05) is 10.6 Å². The number of hydrogen-bond acceptors (Lipinski definition) is 4. The quantitative estimate of drug-likeness (QED) is 0.845. The van der Waals surface area contributed by atoms with E-state index in [2.05, 4.69) is 40.8 Å². The van der Waals surface area contributed by atoms with Gasteiger partial charge in [0.05, 0.1) is 17.2 Å². The highest BCUT2D eigenvalue weighted by Gasteiger charge is 2.21. The largest absolute Gasteiger partial charge is 0.369 e. The summed E-state index contributed by atoms with van der Waals surface area (Å²) in [5, 5.41) is 0.751. The molecule has 0 spiro atoms. The van der Waals surface area contributed by atoms with Crippen LogP contribution in [0.2, 0.25) is 0 Å². The van der Waals surface area contributed by atoms with Gasteiger partial charge in [-0.2, -0.15) is 0 Å². The van der Waals surface area contributed by atoms with Gasteiger partial charge in [0.25, 0.3) is 5.56 Å². The van der Waals surface area contributed by atoms with Crippen LogP contribution in [0.15, 0.2) is 29.3 Å². The molecular weight excluding hydrogens is 324 g/mol. The summed E-state index contributed by atoms with van der Waals surface area (Å²) in [7, 11) is 0. The van der Waals surface area contributed by atoms with Crippen molar-refractivity contribution in [2.24, 2.45) is 5.92 Å². The number of benzene rings is 1. The fourth-order valence-electron chi connectivity index (χ4n) is 4.47. The molecule has 4 rings (SSSR count). The van der Waals surface area contributed by atoms with Crippen LogP contribution in [-0.2, 0) is 0 Å². The third kappa shape index (κ3) is 3.50. The average molecular weight is 354 g/mol. The molecule has 2 heterocycles. The lowest BCUT2D eigenvalue weighted by molar-refractivity contribution is 0.231. The van der Waals surface area contributed by atoms with Crippen molar-refractivity contribution in [3.05, 3.63) is 34.9 Å². The molecular formula is C21H30N4O. The zero-order valence-corrected chi connectivity index (χ0v) is 16.0. The Morgan fingerprint density at radius 3 is 2.54 bits per heavy atom. The predicted octanol–water partition coefficient (Wildman–Crippen LogP) is 3.29. The second-order valence-electron chi connectivity index (χ2n) is 8.28. The van der Waals surface area contributed by atoms with Gasteiger partial charge in [-0.3, -0.25) is 14.3 Å². The summed E-state index contributed by atoms with van der Waals surface area (Å²) >= 11 is 0. The summed E-state index contributed by atoms with van der Waals surface area (Å²) in [5.74, 6) is 0.716. The van der Waals surface area contributed by atoms with Gasteiger partial charge in [-0.1, -0.05) is 26.7 Å². The molecule has 1 aromatic heterocycles. The van der Waals surface area contributed by atoms with Crippen LogP contribution in [0.4, 0.5) is 5.69 Å². The third-order valence-corrected chi connectivity index (χ3v) is 5.85. The Labute approximate surface area is 155 Å². The summed E-state index contributed by atoms with van der Waals surface area (Å²) in [6.45, 7) is 10.0. The van der Waals surface area contributed by atoms with Crippen molar-refractivity contribution in [1.82, 2.24) is 14.5 Å². The summed E-state index contributed by atoms with van der Waals surface area (Å²) < 4.78 is 1.86. The van der Waals surface area contributed by atoms with Gasteiger partial charge in [0.15, 0.2) is 0 Å². The number of piperazine rings is 1. The topological polar surface area (TPSA) is 41.4 Å². The van der Waals surface area contributed by atoms with Gasteiger partial charge in [-0.25, -0.2) is 4.98 Å². The zero-order chi connectivity index (χ0) is 18.1. The molecule has 0 bridgehead atoms. The minimum Gasteiger partial charge on any atom is -0.369 e. The molecule has 1 saturated carbocycles. The van der Waals surface area contributed by atoms with Crippen molar-refractivity contribution >= 4 is 16.6 Å². The zero-order valence-electron chi connectivity index (χ0n) is 16.0. The molecule has 1 aliphatic heterocycles. The molecule has 2 aliphatic rings. The van der Waals surface area contributed by atoms with E-state index in [0.717, 1.165) is 49.9 Å². The Morgan fingerprint density at radius 2 is 1.85 bits per heavy atom. The van der Waals surface area contributed by atoms with Crippen molar-refractivity contribution in [3.8, 4) is 0 Å². The van der Waals surface area contributed by atoms with Gasteiger partial charge in [0.1, 0.15) is 0 Å². The smallest absolute Gasteiger partial charge is 0.261 e. The lowest BCUT2D eigenvalue weighted by atomic mass is 10.1. The summed E-state index contributed by atoms with van der Waals surface area (Å²) in [6.07, 6.45) is 6.41. The fraction of sp³-hybridized carbons (Fsp3) is 0.619. The standard InChI is InChI=1S/C21H30N4O/c1-16(2)14-23-9-11-24(12-10-23)18-7-8-19-20(13-18)22-15-25(21(19)26)17-5-3-4-6-17/h7-8,13,15-17H,3-6,9-12,14H2,1-2H3. The van der Waals surface area contributed by atoms with E-state index >= 15 is 0 Å². The van der Waals surface area contributed by atoms with Gasteiger partial charge in [-0.05, 0) is 37.0 Å². The lowest BCUT2D eigenvalue weighted by Gasteiger charge is -2.36. The first-order valence-electron chi connectivity index (χ1n) is 10.1. The van der Waals surface area contributed by atoms with Gasteiger partial charge in [0, 0.05) is 44.5 Å². The first kappa shape index (κ1) is 17.5. The Hall–Kier alpha value is -1.88. The molecule has 0 N–H and O–H groups in total. The number of nitrogens with zero attached hydrogens (tertiary/aromatic N) is 4. The molecule has 0 amide bonds. The third-order valence-electron chi connectivity index (χ3n) is 5.85. The fourth-order valence-corrected chi connectivity index (χ4v) is 4.47. The van der Waals surface area contributed by atoms with Crippen LogP contribution in [0.5, 0.6) is 0 Å². The van der Waals surface area contributed by atoms with E-state index < -0.39 is 0 Å². The minimum absolute atomic E-state index is 0.121. The van der Waals surface area contributed by atoms with Crippen molar-refractivity contribution in [1.29, 1.82) is 0 Å². The first-order chi connectivity index (χ1) is 12.6. The molecule has 1 saturated heterocycles. The maximum atomic E-state index is 12.9. The highest BCUT2D eigenvalue weighted by molar-refractivity contribution is 5.81. The van der Waals surface area contributed by atoms with Crippen molar-refractivity contribution in [2.75, 3.05) is 37.6 Å². The molecule has 140 valence electrons. The lowest BCUT2D eigenvalue weighted by Crippen LogP contribution is -2.47. The van der Waals surface area contributed by atoms with Crippen LogP contribution < -0.4 is 10.5 Å². The van der Waals surface area contributed by atoms with Crippen LogP contribution in [0, 0.1) is 5.92 Å². The summed E-state index contributed by atoms with van der Waals surface area (Å²) in [4.78, 5) is 22.4. The summed E-state index contributed by atoms with van der Waals surface area (Å²) in [6, 6.07) is 6.51. The van der Waals surface area contributed by atoms with Crippen LogP contribution in [-0.4, -0.2) is 47.2 Å². The number of hydrogen-bond donors (Lipinski definition) is 0. The molecule has 26 heavy (non-hydrogen) atoms. The van der Waals surface area contributed by atoms with Crippen molar-refractivity contribution in [2.45, 2.75) is 45.6 Å². The van der Waals surface area contributed by atoms with E-state index in [9.17, 15) is 4.79 Å². The number of rotatable bonds is 4. The average Bonchev–Trinajstić information content (AvgIpc) is 3.16. The Kier molecular flexibility index (Phi) is 4.98. The monoisotopic (exact) mass is 354 g/mol. The van der Waals surface area contributed by atoms with Gasteiger partial charge in [0.2, 0.25) is 0 Å². The molecule has 1 aliphatic carbocycles. The predicted molar refractivity (Wildman–Crippen MR) is 107 cm³/mol. The molecule has 5 heteroatoms. The maximum Gasteiger partial charge on any atom is 0.261 e. The van der Waals surface area contributed by atoms with Crippen molar-refractivity contribution < 1.29 is 0 Å². The van der Waals surface area contributed by atoms with Crippen molar-refractivity contribution in [3.63, 3.8) is 0 Å². The maximum absolute atomic E-state index is 12.9. The van der Waals surface area contributed by atoms with E-state index in [-0.39, 0.29) is 5.56 Å². The van der Waals surface area contributed by atoms with E-state index in [4.69, 9.17) is 0 Å². The minimum atomic E-state index is 0.121. The van der Waals surface area contributed by atoms with Crippen LogP contribution >= 0.6 is 0 Å². The van der Waals surface area contributed by atoms with Gasteiger partial charge >= 0.3 is 0 Å². The first-order valence-corrected chi connectivity index (χ1v) is 10.1. The molecule has 0 unspecified atom stereocenters. The number of fused-ring (bicyclic) bond motifs is 1. The molecule has 0 radical (unpaired) electrons. The molecule has 2 aromatic rings. The van der Waals surface area contributed by atoms with Crippen LogP contribution in [0.1, 0.15) is 45.6 Å². The number of anilines is 1. The highest BCUT2D eigenvalue weighted by Crippen LogP contribution is 2.28. The van der Waals surface area contributed by atoms with Crippen LogP contribution in [0.25, 0.3) is 10.9 Å².